The summed E-state index contributed by atoms with van der Waals surface area (Å²) in [6, 6.07) is 5.63. The Hall–Kier alpha value is -3.62. The average molecular weight is 420 g/mol. The summed E-state index contributed by atoms with van der Waals surface area (Å²) < 4.78 is 17.7. The summed E-state index contributed by atoms with van der Waals surface area (Å²) in [5.74, 6) is 0.742. The van der Waals surface area contributed by atoms with Crippen LogP contribution in [0.15, 0.2) is 47.7 Å². The van der Waals surface area contributed by atoms with Gasteiger partial charge in [0.2, 0.25) is 12.2 Å². The molecule has 9 heteroatoms. The number of fused-ring (bicyclic) bond motifs is 1. The van der Waals surface area contributed by atoms with E-state index in [9.17, 15) is 9.18 Å². The number of halogens is 1. The highest BCUT2D eigenvalue weighted by Gasteiger charge is 2.26. The number of carbonyl (C=O) groups is 1. The van der Waals surface area contributed by atoms with Crippen molar-refractivity contribution in [2.45, 2.75) is 44.7 Å². The van der Waals surface area contributed by atoms with Crippen LogP contribution in [0.1, 0.15) is 53.3 Å². The number of nitrogens with zero attached hydrogens (tertiary/aromatic N) is 5. The van der Waals surface area contributed by atoms with Crippen molar-refractivity contribution in [1.29, 1.82) is 0 Å². The minimum atomic E-state index is -0.417. The summed E-state index contributed by atoms with van der Waals surface area (Å²) in [5.41, 5.74) is 4.52. The Balaban J connectivity index is 0.000000461. The van der Waals surface area contributed by atoms with Gasteiger partial charge in [0.25, 0.3) is 5.91 Å². The van der Waals surface area contributed by atoms with Crippen molar-refractivity contribution in [2.24, 2.45) is 0 Å². The molecule has 0 aliphatic heterocycles. The number of aryl methyl sites for hydroxylation is 1. The number of rotatable bonds is 4. The molecule has 2 saturated carbocycles. The first-order valence-corrected chi connectivity index (χ1v) is 10.2. The second-order valence-electron chi connectivity index (χ2n) is 7.87. The number of hydrogen-bond acceptors (Lipinski definition) is 6. The maximum absolute atomic E-state index is 12.9. The van der Waals surface area contributed by atoms with Crippen molar-refractivity contribution in [3.05, 3.63) is 60.1 Å². The molecule has 0 spiro atoms. The van der Waals surface area contributed by atoms with E-state index in [0.29, 0.717) is 28.8 Å². The highest BCUT2D eigenvalue weighted by molar-refractivity contribution is 6.04. The van der Waals surface area contributed by atoms with Crippen LogP contribution in [0.5, 0.6) is 0 Å². The van der Waals surface area contributed by atoms with Gasteiger partial charge >= 0.3 is 0 Å². The van der Waals surface area contributed by atoms with E-state index in [1.54, 1.807) is 16.8 Å². The van der Waals surface area contributed by atoms with Crippen molar-refractivity contribution >= 4 is 17.2 Å². The minimum absolute atomic E-state index is 0.233. The molecule has 6 rings (SSSR count). The third kappa shape index (κ3) is 4.30. The van der Waals surface area contributed by atoms with Crippen LogP contribution in [0.4, 0.5) is 10.1 Å². The van der Waals surface area contributed by atoms with Crippen LogP contribution in [0.2, 0.25) is 0 Å². The number of imidazole rings is 1. The van der Waals surface area contributed by atoms with Crippen molar-refractivity contribution in [3.8, 4) is 11.4 Å². The van der Waals surface area contributed by atoms with Crippen LogP contribution in [-0.2, 0) is 0 Å². The summed E-state index contributed by atoms with van der Waals surface area (Å²) in [6.45, 7) is 1.93. The van der Waals surface area contributed by atoms with Crippen LogP contribution in [-0.4, -0.2) is 36.6 Å². The summed E-state index contributed by atoms with van der Waals surface area (Å²) in [4.78, 5) is 25.7. The zero-order valence-corrected chi connectivity index (χ0v) is 17.0. The van der Waals surface area contributed by atoms with Gasteiger partial charge in [-0.15, -0.1) is 0 Å². The molecule has 8 nitrogen and oxygen atoms in total. The normalized spacial score (nSPS) is 15.4. The fourth-order valence-corrected chi connectivity index (χ4v) is 3.11. The molecule has 0 unspecified atom stereocenters. The molecular weight excluding hydrogens is 399 g/mol. The van der Waals surface area contributed by atoms with Gasteiger partial charge in [-0.1, -0.05) is 17.3 Å². The second kappa shape index (κ2) is 7.90. The molecule has 0 atom stereocenters. The number of nitrogens with one attached hydrogen (secondary N) is 1. The van der Waals surface area contributed by atoms with Crippen LogP contribution < -0.4 is 5.32 Å². The lowest BCUT2D eigenvalue weighted by Gasteiger charge is -2.10. The predicted octanol–water partition coefficient (Wildman–Crippen LogP) is 4.34. The molecule has 31 heavy (non-hydrogen) atoms. The second-order valence-corrected chi connectivity index (χ2v) is 7.87. The van der Waals surface area contributed by atoms with Gasteiger partial charge in [0, 0.05) is 23.4 Å². The van der Waals surface area contributed by atoms with E-state index in [4.69, 9.17) is 4.52 Å². The van der Waals surface area contributed by atoms with Crippen molar-refractivity contribution < 1.29 is 13.7 Å². The topological polar surface area (TPSA) is 98.2 Å². The molecule has 2 aliphatic carbocycles. The first-order chi connectivity index (χ1) is 15.1. The van der Waals surface area contributed by atoms with Gasteiger partial charge < -0.3 is 9.84 Å². The number of amides is 1. The molecule has 2 aliphatic rings. The quantitative estimate of drug-likeness (QED) is 0.527. The van der Waals surface area contributed by atoms with E-state index in [1.807, 2.05) is 31.3 Å². The van der Waals surface area contributed by atoms with Crippen LogP contribution >= 0.6 is 0 Å². The van der Waals surface area contributed by atoms with Crippen LogP contribution in [0, 0.1) is 6.92 Å². The highest BCUT2D eigenvalue weighted by Crippen LogP contribution is 2.38. The first-order valence-electron chi connectivity index (χ1n) is 10.2. The molecule has 1 amide bonds. The number of carbonyl (C=O) groups excluding carboxylic acids is 1. The lowest BCUT2D eigenvalue weighted by atomic mass is 10.1. The van der Waals surface area contributed by atoms with E-state index >= 15 is 0 Å². The molecular formula is C22H21FN6O2. The Kier molecular flexibility index (Phi) is 4.93. The number of anilines is 1. The van der Waals surface area contributed by atoms with E-state index < -0.39 is 6.17 Å². The zero-order chi connectivity index (χ0) is 21.4. The third-order valence-electron chi connectivity index (χ3n) is 5.26. The van der Waals surface area contributed by atoms with Gasteiger partial charge in [-0.05, 0) is 44.2 Å². The zero-order valence-electron chi connectivity index (χ0n) is 17.0. The Labute approximate surface area is 177 Å². The molecule has 0 radical (unpaired) electrons. The van der Waals surface area contributed by atoms with Gasteiger partial charge in [-0.2, -0.15) is 4.98 Å². The Morgan fingerprint density at radius 3 is 2.65 bits per heavy atom. The number of aromatic nitrogens is 5. The largest absolute Gasteiger partial charge is 0.342 e. The molecule has 4 aromatic rings. The molecule has 0 saturated heterocycles. The fraction of sp³-hybridized carbons (Fsp3) is 0.318. The average Bonchev–Trinajstić information content (AvgIpc) is 3.67. The van der Waals surface area contributed by atoms with Crippen molar-refractivity contribution in [1.82, 2.24) is 24.5 Å². The summed E-state index contributed by atoms with van der Waals surface area (Å²) in [5, 5.41) is 6.80. The van der Waals surface area contributed by atoms with Gasteiger partial charge in [0.05, 0.1) is 18.1 Å². The molecule has 2 fully saturated rings. The molecule has 3 aromatic heterocycles. The summed E-state index contributed by atoms with van der Waals surface area (Å²) in [7, 11) is 0. The van der Waals surface area contributed by atoms with Gasteiger partial charge in [-0.25, -0.2) is 9.37 Å². The van der Waals surface area contributed by atoms with E-state index in [2.05, 4.69) is 25.4 Å². The van der Waals surface area contributed by atoms with Crippen molar-refractivity contribution in [2.75, 3.05) is 5.32 Å². The highest BCUT2D eigenvalue weighted by atomic mass is 19.1. The van der Waals surface area contributed by atoms with Crippen LogP contribution in [0.3, 0.4) is 0 Å². The number of alkyl halides is 1. The molecule has 1 aromatic carbocycles. The molecule has 0 bridgehead atoms. The monoisotopic (exact) mass is 420 g/mol. The number of hydrogen-bond donors (Lipinski definition) is 1. The van der Waals surface area contributed by atoms with Gasteiger partial charge in [0.1, 0.15) is 11.9 Å². The Bertz CT molecular complexity index is 1230. The maximum Gasteiger partial charge on any atom is 0.274 e. The lowest BCUT2D eigenvalue weighted by Crippen LogP contribution is -2.15. The SMILES string of the molecule is Cc1ccc(-c2ncon2)cc1NC(=O)c1cnc2cnc(C3CC3)cn12.FC1CC1. The number of benzene rings is 1. The summed E-state index contributed by atoms with van der Waals surface area (Å²) in [6.07, 6.45) is 10.00. The van der Waals surface area contributed by atoms with E-state index in [-0.39, 0.29) is 5.91 Å². The Morgan fingerprint density at radius 1 is 1.16 bits per heavy atom. The molecule has 158 valence electrons. The molecule has 3 heterocycles. The van der Waals surface area contributed by atoms with E-state index in [1.165, 1.54) is 6.39 Å². The van der Waals surface area contributed by atoms with Gasteiger partial charge in [0.15, 0.2) is 5.65 Å². The van der Waals surface area contributed by atoms with Gasteiger partial charge in [-0.3, -0.25) is 14.2 Å². The predicted molar refractivity (Wildman–Crippen MR) is 112 cm³/mol. The van der Waals surface area contributed by atoms with Crippen LogP contribution in [0.25, 0.3) is 17.0 Å². The smallest absolute Gasteiger partial charge is 0.274 e. The third-order valence-corrected chi connectivity index (χ3v) is 5.26. The molecule has 1 N–H and O–H groups in total. The Morgan fingerprint density at radius 2 is 1.97 bits per heavy atom. The summed E-state index contributed by atoms with van der Waals surface area (Å²) >= 11 is 0. The maximum atomic E-state index is 12.9. The van der Waals surface area contributed by atoms with E-state index in [0.717, 1.165) is 42.5 Å². The van der Waals surface area contributed by atoms with Crippen molar-refractivity contribution in [3.63, 3.8) is 0 Å². The fourth-order valence-electron chi connectivity index (χ4n) is 3.11. The minimum Gasteiger partial charge on any atom is -0.342 e. The first kappa shape index (κ1) is 19.3. The lowest BCUT2D eigenvalue weighted by molar-refractivity contribution is 0.102. The standard InChI is InChI=1S/C19H16N6O2.C3H5F/c1-11-2-3-13(18-22-10-27-24-18)6-14(11)23-19(26)16-7-21-17-8-20-15(9-25(16)17)12-4-5-12;4-3-1-2-3/h2-3,6-10,12H,4-5H2,1H3,(H,23,26);3H,1-2H2.